The Morgan fingerprint density at radius 3 is 2.76 bits per heavy atom. The fraction of sp³-hybridized carbons (Fsp3) is 0.650. The van der Waals surface area contributed by atoms with Crippen LogP contribution in [0.1, 0.15) is 45.1 Å². The zero-order valence-corrected chi connectivity index (χ0v) is 18.1. The number of guanidine groups is 1. The predicted molar refractivity (Wildman–Crippen MR) is 112 cm³/mol. The van der Waals surface area contributed by atoms with E-state index in [1.165, 1.54) is 6.07 Å². The Hall–Kier alpha value is -1.90. The maximum Gasteiger partial charge on any atom is 0.387 e. The first kappa shape index (κ1) is 23.4. The average molecular weight is 432 g/mol. The van der Waals surface area contributed by atoms with Gasteiger partial charge in [0.2, 0.25) is 0 Å². The summed E-state index contributed by atoms with van der Waals surface area (Å²) in [6.45, 7) is 1.64. The Morgan fingerprint density at radius 2 is 2.10 bits per heavy atom. The van der Waals surface area contributed by atoms with Gasteiger partial charge in [0.15, 0.2) is 17.5 Å². The van der Waals surface area contributed by atoms with E-state index in [1.54, 1.807) is 26.1 Å². The van der Waals surface area contributed by atoms with Gasteiger partial charge in [-0.05, 0) is 43.9 Å². The van der Waals surface area contributed by atoms with Crippen LogP contribution in [0.3, 0.4) is 0 Å². The van der Waals surface area contributed by atoms with Crippen LogP contribution in [0.25, 0.3) is 0 Å². The van der Waals surface area contributed by atoms with Crippen molar-refractivity contribution < 1.29 is 22.5 Å². The Balaban J connectivity index is 1.94. The summed E-state index contributed by atoms with van der Waals surface area (Å²) >= 11 is 0. The molecular weight excluding hydrogens is 400 g/mol. The topological polar surface area (TPSA) is 72.0 Å². The first-order valence-corrected chi connectivity index (χ1v) is 11.4. The van der Waals surface area contributed by atoms with E-state index in [9.17, 15) is 13.0 Å². The van der Waals surface area contributed by atoms with Crippen LogP contribution in [0.5, 0.6) is 11.5 Å². The first-order chi connectivity index (χ1) is 14.0. The van der Waals surface area contributed by atoms with Crippen LogP contribution in [0.2, 0.25) is 0 Å². The summed E-state index contributed by atoms with van der Waals surface area (Å²) in [6.07, 6.45) is 3.95. The molecular formula is C20H31F2N3O3S. The third-order valence-electron chi connectivity index (χ3n) is 4.83. The van der Waals surface area contributed by atoms with Crippen molar-refractivity contribution in [1.29, 1.82) is 0 Å². The summed E-state index contributed by atoms with van der Waals surface area (Å²) in [4.78, 5) is 4.27. The second-order valence-electron chi connectivity index (χ2n) is 6.82. The fourth-order valence-corrected chi connectivity index (χ4v) is 4.80. The van der Waals surface area contributed by atoms with Gasteiger partial charge in [-0.3, -0.25) is 9.20 Å². The van der Waals surface area contributed by atoms with Crippen molar-refractivity contribution in [2.45, 2.75) is 64.0 Å². The Morgan fingerprint density at radius 1 is 1.31 bits per heavy atom. The molecule has 29 heavy (non-hydrogen) atoms. The van der Waals surface area contributed by atoms with Gasteiger partial charge in [0.1, 0.15) is 0 Å². The van der Waals surface area contributed by atoms with Crippen molar-refractivity contribution in [2.75, 3.05) is 19.4 Å². The lowest BCUT2D eigenvalue weighted by Gasteiger charge is -2.30. The summed E-state index contributed by atoms with van der Waals surface area (Å²) in [7, 11) is 0.924. The number of halogens is 2. The lowest BCUT2D eigenvalue weighted by atomic mass is 9.95. The number of hydrogen-bond donors (Lipinski definition) is 2. The predicted octanol–water partition coefficient (Wildman–Crippen LogP) is 3.43. The molecule has 1 aromatic rings. The zero-order chi connectivity index (χ0) is 21.2. The number of benzene rings is 1. The SMILES string of the molecule is CCOc1cc(CNC(=NC)NC2CCCC(S(=O)CC)C2)ccc1OC(F)F. The molecule has 0 heterocycles. The van der Waals surface area contributed by atoms with Crippen LogP contribution in [0, 0.1) is 0 Å². The number of rotatable bonds is 9. The van der Waals surface area contributed by atoms with Crippen molar-refractivity contribution in [3.8, 4) is 11.5 Å². The highest BCUT2D eigenvalue weighted by molar-refractivity contribution is 7.85. The van der Waals surface area contributed by atoms with Gasteiger partial charge in [-0.2, -0.15) is 8.78 Å². The van der Waals surface area contributed by atoms with Crippen LogP contribution in [0.4, 0.5) is 8.78 Å². The summed E-state index contributed by atoms with van der Waals surface area (Å²) in [6, 6.07) is 5.11. The van der Waals surface area contributed by atoms with Gasteiger partial charge in [-0.25, -0.2) is 0 Å². The number of alkyl halides is 2. The molecule has 164 valence electrons. The highest BCUT2D eigenvalue weighted by Crippen LogP contribution is 2.30. The van der Waals surface area contributed by atoms with Crippen LogP contribution in [-0.4, -0.2) is 47.5 Å². The van der Waals surface area contributed by atoms with Crippen LogP contribution < -0.4 is 20.1 Å². The number of ether oxygens (including phenoxy) is 2. The van der Waals surface area contributed by atoms with Gasteiger partial charge in [-0.1, -0.05) is 19.4 Å². The van der Waals surface area contributed by atoms with E-state index in [2.05, 4.69) is 20.4 Å². The maximum atomic E-state index is 12.5. The minimum Gasteiger partial charge on any atom is -0.490 e. The van der Waals surface area contributed by atoms with E-state index in [1.807, 2.05) is 6.92 Å². The molecule has 1 saturated carbocycles. The molecule has 0 aromatic heterocycles. The maximum absolute atomic E-state index is 12.5. The van der Waals surface area contributed by atoms with E-state index < -0.39 is 17.4 Å². The molecule has 0 spiro atoms. The quantitative estimate of drug-likeness (QED) is 0.463. The van der Waals surface area contributed by atoms with Gasteiger partial charge in [0.25, 0.3) is 0 Å². The van der Waals surface area contributed by atoms with E-state index in [4.69, 9.17) is 4.74 Å². The number of hydrogen-bond acceptors (Lipinski definition) is 4. The van der Waals surface area contributed by atoms with Gasteiger partial charge >= 0.3 is 6.61 Å². The van der Waals surface area contributed by atoms with Crippen LogP contribution in [0.15, 0.2) is 23.2 Å². The van der Waals surface area contributed by atoms with Crippen molar-refractivity contribution in [3.63, 3.8) is 0 Å². The molecule has 0 aliphatic heterocycles. The minimum atomic E-state index is -2.90. The van der Waals surface area contributed by atoms with E-state index >= 15 is 0 Å². The minimum absolute atomic E-state index is 0.0188. The molecule has 1 aliphatic rings. The first-order valence-electron chi connectivity index (χ1n) is 10.0. The van der Waals surface area contributed by atoms with Gasteiger partial charge in [0, 0.05) is 41.4 Å². The molecule has 0 radical (unpaired) electrons. The highest BCUT2D eigenvalue weighted by Gasteiger charge is 2.26. The van der Waals surface area contributed by atoms with Crippen LogP contribution >= 0.6 is 0 Å². The lowest BCUT2D eigenvalue weighted by Crippen LogP contribution is -2.46. The Bertz CT molecular complexity index is 704. The second kappa shape index (κ2) is 11.9. The third kappa shape index (κ3) is 7.45. The van der Waals surface area contributed by atoms with Crippen molar-refractivity contribution in [2.24, 2.45) is 4.99 Å². The van der Waals surface area contributed by atoms with Gasteiger partial charge < -0.3 is 20.1 Å². The number of aliphatic imine (C=N–C) groups is 1. The largest absolute Gasteiger partial charge is 0.490 e. The second-order valence-corrected chi connectivity index (χ2v) is 8.82. The van der Waals surface area contributed by atoms with Crippen molar-refractivity contribution >= 4 is 16.8 Å². The molecule has 3 unspecified atom stereocenters. The standard InChI is InChI=1S/C20H31F2N3O3S/c1-4-27-18-11-14(9-10-17(18)28-19(21)22)13-24-20(23-3)25-15-7-6-8-16(12-15)29(26)5-2/h9-11,15-16,19H,4-8,12-13H2,1-3H3,(H2,23,24,25). The molecule has 0 saturated heterocycles. The normalized spacial score (nSPS) is 21.0. The average Bonchev–Trinajstić information content (AvgIpc) is 2.72. The Labute approximate surface area is 173 Å². The molecule has 3 atom stereocenters. The summed E-state index contributed by atoms with van der Waals surface area (Å²) < 4.78 is 47.1. The van der Waals surface area contributed by atoms with E-state index in [0.29, 0.717) is 24.9 Å². The zero-order valence-electron chi connectivity index (χ0n) is 17.2. The van der Waals surface area contributed by atoms with Crippen LogP contribution in [-0.2, 0) is 17.3 Å². The molecule has 1 fully saturated rings. The smallest absolute Gasteiger partial charge is 0.387 e. The summed E-state index contributed by atoms with van der Waals surface area (Å²) in [5.41, 5.74) is 0.853. The molecule has 1 aromatic carbocycles. The third-order valence-corrected chi connectivity index (χ3v) is 6.57. The number of nitrogens with one attached hydrogen (secondary N) is 2. The van der Waals surface area contributed by atoms with Crippen molar-refractivity contribution in [1.82, 2.24) is 10.6 Å². The molecule has 1 aliphatic carbocycles. The monoisotopic (exact) mass is 431 g/mol. The van der Waals surface area contributed by atoms with E-state index in [-0.39, 0.29) is 22.8 Å². The molecule has 2 N–H and O–H groups in total. The lowest BCUT2D eigenvalue weighted by molar-refractivity contribution is -0.0514. The molecule has 0 bridgehead atoms. The molecule has 2 rings (SSSR count). The Kier molecular flexibility index (Phi) is 9.63. The fourth-order valence-electron chi connectivity index (χ4n) is 3.45. The molecule has 9 heteroatoms. The van der Waals surface area contributed by atoms with Crippen molar-refractivity contribution in [3.05, 3.63) is 23.8 Å². The molecule has 6 nitrogen and oxygen atoms in total. The van der Waals surface area contributed by atoms with Gasteiger partial charge in [0.05, 0.1) is 6.61 Å². The highest BCUT2D eigenvalue weighted by atomic mass is 32.2. The summed E-state index contributed by atoms with van der Waals surface area (Å²) in [5.74, 6) is 1.65. The molecule has 0 amide bonds. The van der Waals surface area contributed by atoms with Gasteiger partial charge in [-0.15, -0.1) is 0 Å². The number of nitrogens with zero attached hydrogens (tertiary/aromatic N) is 1. The van der Waals surface area contributed by atoms with E-state index in [0.717, 1.165) is 31.2 Å². The summed E-state index contributed by atoms with van der Waals surface area (Å²) in [5, 5.41) is 6.89.